The van der Waals surface area contributed by atoms with Crippen LogP contribution in [0.4, 0.5) is 0 Å². The van der Waals surface area contributed by atoms with Crippen molar-refractivity contribution in [2.75, 3.05) is 26.7 Å². The molecule has 4 nitrogen and oxygen atoms in total. The van der Waals surface area contributed by atoms with Gasteiger partial charge in [-0.15, -0.1) is 0 Å². The van der Waals surface area contributed by atoms with Crippen molar-refractivity contribution in [1.82, 2.24) is 9.80 Å². The molecule has 0 spiro atoms. The van der Waals surface area contributed by atoms with Crippen LogP contribution >= 0.6 is 11.6 Å². The molecule has 1 heterocycles. The Balaban J connectivity index is 2.18. The Hall–Kier alpha value is -1.28. The molecule has 1 aromatic carbocycles. The largest absolute Gasteiger partial charge is 0.489 e. The van der Waals surface area contributed by atoms with E-state index >= 15 is 0 Å². The van der Waals surface area contributed by atoms with Gasteiger partial charge in [0.2, 0.25) is 0 Å². The highest BCUT2D eigenvalue weighted by molar-refractivity contribution is 6.32. The lowest BCUT2D eigenvalue weighted by atomic mass is 10.0. The number of rotatable bonds is 5. The smallest absolute Gasteiger partial charge is 0.138 e. The molecule has 0 radical (unpaired) electrons. The Kier molecular flexibility index (Phi) is 6.29. The number of benzene rings is 1. The standard InChI is InChI=1S/C18H26ClN3O/c1-5-15-12-22(9-8-21(15)4)17(11-20)14-6-7-18(16(19)10-14)23-13(2)3/h6-7,10,13,15,17H,5,8-9,12H2,1-4H3. The van der Waals surface area contributed by atoms with Gasteiger partial charge in [0.15, 0.2) is 0 Å². The van der Waals surface area contributed by atoms with E-state index in [-0.39, 0.29) is 12.1 Å². The van der Waals surface area contributed by atoms with Gasteiger partial charge in [0.05, 0.1) is 17.2 Å². The van der Waals surface area contributed by atoms with Crippen molar-refractivity contribution in [2.24, 2.45) is 0 Å². The summed E-state index contributed by atoms with van der Waals surface area (Å²) in [5, 5.41) is 10.2. The zero-order chi connectivity index (χ0) is 17.0. The fourth-order valence-electron chi connectivity index (χ4n) is 3.05. The maximum absolute atomic E-state index is 9.68. The molecule has 1 saturated heterocycles. The number of ether oxygens (including phenoxy) is 1. The second-order valence-electron chi connectivity index (χ2n) is 6.43. The molecule has 1 aliphatic rings. The highest BCUT2D eigenvalue weighted by Crippen LogP contribution is 2.31. The van der Waals surface area contributed by atoms with E-state index in [0.717, 1.165) is 31.6 Å². The van der Waals surface area contributed by atoms with Crippen LogP contribution in [0.15, 0.2) is 18.2 Å². The molecule has 2 unspecified atom stereocenters. The Morgan fingerprint density at radius 2 is 2.13 bits per heavy atom. The molecule has 0 N–H and O–H groups in total. The molecular formula is C18H26ClN3O. The Bertz CT molecular complexity index is 570. The Morgan fingerprint density at radius 3 is 2.70 bits per heavy atom. The molecule has 1 aromatic rings. The second-order valence-corrected chi connectivity index (χ2v) is 6.83. The lowest BCUT2D eigenvalue weighted by molar-refractivity contribution is 0.0773. The van der Waals surface area contributed by atoms with Crippen molar-refractivity contribution < 1.29 is 4.74 Å². The van der Waals surface area contributed by atoms with E-state index in [4.69, 9.17) is 16.3 Å². The number of nitrogens with zero attached hydrogens (tertiary/aromatic N) is 3. The Labute approximate surface area is 144 Å². The highest BCUT2D eigenvalue weighted by Gasteiger charge is 2.29. The minimum atomic E-state index is -0.261. The van der Waals surface area contributed by atoms with Crippen LogP contribution in [-0.2, 0) is 0 Å². The SMILES string of the molecule is CCC1CN(C(C#N)c2ccc(OC(C)C)c(Cl)c2)CCN1C. The van der Waals surface area contributed by atoms with Gasteiger partial charge >= 0.3 is 0 Å². The van der Waals surface area contributed by atoms with Crippen LogP contribution in [-0.4, -0.2) is 48.6 Å². The summed E-state index contributed by atoms with van der Waals surface area (Å²) >= 11 is 6.33. The second kappa shape index (κ2) is 8.01. The normalized spacial score (nSPS) is 21.2. The van der Waals surface area contributed by atoms with Gasteiger partial charge in [0, 0.05) is 25.7 Å². The lowest BCUT2D eigenvalue weighted by Gasteiger charge is -2.41. The van der Waals surface area contributed by atoms with Crippen molar-refractivity contribution in [3.8, 4) is 11.8 Å². The van der Waals surface area contributed by atoms with Gasteiger partial charge in [-0.25, -0.2) is 0 Å². The van der Waals surface area contributed by atoms with Gasteiger partial charge in [-0.3, -0.25) is 4.90 Å². The van der Waals surface area contributed by atoms with Crippen LogP contribution in [0.1, 0.15) is 38.8 Å². The molecule has 0 aromatic heterocycles. The quantitative estimate of drug-likeness (QED) is 0.822. The van der Waals surface area contributed by atoms with Crippen molar-refractivity contribution in [3.63, 3.8) is 0 Å². The number of hydrogen-bond acceptors (Lipinski definition) is 4. The first-order valence-electron chi connectivity index (χ1n) is 8.26. The predicted molar refractivity (Wildman–Crippen MR) is 93.9 cm³/mol. The summed E-state index contributed by atoms with van der Waals surface area (Å²) in [7, 11) is 2.15. The monoisotopic (exact) mass is 335 g/mol. The fraction of sp³-hybridized carbons (Fsp3) is 0.611. The molecule has 0 aliphatic carbocycles. The van der Waals surface area contributed by atoms with Gasteiger partial charge < -0.3 is 9.64 Å². The number of piperazine rings is 1. The van der Waals surface area contributed by atoms with Crippen molar-refractivity contribution >= 4 is 11.6 Å². The zero-order valence-electron chi connectivity index (χ0n) is 14.4. The molecule has 1 aliphatic heterocycles. The summed E-state index contributed by atoms with van der Waals surface area (Å²) in [6, 6.07) is 8.37. The van der Waals surface area contributed by atoms with Crippen LogP contribution in [0.25, 0.3) is 0 Å². The van der Waals surface area contributed by atoms with Gasteiger partial charge in [-0.1, -0.05) is 24.6 Å². The van der Waals surface area contributed by atoms with Gasteiger partial charge in [0.25, 0.3) is 0 Å². The van der Waals surface area contributed by atoms with E-state index < -0.39 is 0 Å². The minimum absolute atomic E-state index is 0.0769. The zero-order valence-corrected chi connectivity index (χ0v) is 15.2. The molecule has 23 heavy (non-hydrogen) atoms. The van der Waals surface area contributed by atoms with Crippen LogP contribution in [0.5, 0.6) is 5.75 Å². The molecule has 1 fully saturated rings. The molecular weight excluding hydrogens is 310 g/mol. The summed E-state index contributed by atoms with van der Waals surface area (Å²) in [5.41, 5.74) is 0.938. The maximum atomic E-state index is 9.68. The van der Waals surface area contributed by atoms with E-state index in [2.05, 4.69) is 29.8 Å². The first-order chi connectivity index (χ1) is 11.0. The summed E-state index contributed by atoms with van der Waals surface area (Å²) in [6.45, 7) is 8.93. The lowest BCUT2D eigenvalue weighted by Crippen LogP contribution is -2.51. The van der Waals surface area contributed by atoms with E-state index in [1.807, 2.05) is 32.0 Å². The van der Waals surface area contributed by atoms with E-state index in [9.17, 15) is 5.26 Å². The molecule has 126 valence electrons. The maximum Gasteiger partial charge on any atom is 0.138 e. The molecule has 2 atom stereocenters. The van der Waals surface area contributed by atoms with E-state index in [1.54, 1.807) is 0 Å². The molecule has 2 rings (SSSR count). The number of nitriles is 1. The van der Waals surface area contributed by atoms with E-state index in [1.165, 1.54) is 0 Å². The predicted octanol–water partition coefficient (Wildman–Crippen LogP) is 3.72. The fourth-order valence-corrected chi connectivity index (χ4v) is 3.28. The van der Waals surface area contributed by atoms with Crippen LogP contribution in [0, 0.1) is 11.3 Å². The average Bonchev–Trinajstić information content (AvgIpc) is 2.51. The summed E-state index contributed by atoms with van der Waals surface area (Å²) in [4.78, 5) is 4.63. The third kappa shape index (κ3) is 4.38. The van der Waals surface area contributed by atoms with Crippen LogP contribution in [0.3, 0.4) is 0 Å². The molecule has 0 amide bonds. The van der Waals surface area contributed by atoms with Crippen molar-refractivity contribution in [2.45, 2.75) is 45.4 Å². The van der Waals surface area contributed by atoms with Gasteiger partial charge in [-0.05, 0) is 45.0 Å². The van der Waals surface area contributed by atoms with E-state index in [0.29, 0.717) is 16.8 Å². The van der Waals surface area contributed by atoms with Crippen molar-refractivity contribution in [1.29, 1.82) is 5.26 Å². The van der Waals surface area contributed by atoms with Crippen molar-refractivity contribution in [3.05, 3.63) is 28.8 Å². The molecule has 5 heteroatoms. The first-order valence-corrected chi connectivity index (χ1v) is 8.64. The van der Waals surface area contributed by atoms with Crippen LogP contribution < -0.4 is 4.74 Å². The highest BCUT2D eigenvalue weighted by atomic mass is 35.5. The van der Waals surface area contributed by atoms with Gasteiger partial charge in [-0.2, -0.15) is 5.26 Å². The first kappa shape index (κ1) is 18.1. The van der Waals surface area contributed by atoms with Gasteiger partial charge in [0.1, 0.15) is 11.8 Å². The summed E-state index contributed by atoms with van der Waals surface area (Å²) < 4.78 is 5.67. The topological polar surface area (TPSA) is 39.5 Å². The Morgan fingerprint density at radius 1 is 1.39 bits per heavy atom. The average molecular weight is 336 g/mol. The summed E-state index contributed by atoms with van der Waals surface area (Å²) in [5.74, 6) is 0.673. The third-order valence-electron chi connectivity index (χ3n) is 4.40. The number of likely N-dealkylation sites (N-methyl/N-ethyl adjacent to an activating group) is 1. The minimum Gasteiger partial charge on any atom is -0.489 e. The van der Waals surface area contributed by atoms with Crippen LogP contribution in [0.2, 0.25) is 5.02 Å². The number of hydrogen-bond donors (Lipinski definition) is 0. The number of halogens is 1. The molecule has 0 saturated carbocycles. The summed E-state index contributed by atoms with van der Waals surface area (Å²) in [6.07, 6.45) is 1.17. The third-order valence-corrected chi connectivity index (χ3v) is 4.70. The molecule has 0 bridgehead atoms.